The second kappa shape index (κ2) is 7.31. The highest BCUT2D eigenvalue weighted by molar-refractivity contribution is 6.03. The van der Waals surface area contributed by atoms with Crippen molar-refractivity contribution >= 4 is 23.2 Å². The number of rotatable bonds is 4. The predicted molar refractivity (Wildman–Crippen MR) is 105 cm³/mol. The van der Waals surface area contributed by atoms with Crippen molar-refractivity contribution < 1.29 is 18.4 Å². The number of halogens is 1. The van der Waals surface area contributed by atoms with Gasteiger partial charge in [-0.15, -0.1) is 0 Å². The summed E-state index contributed by atoms with van der Waals surface area (Å²) in [6.45, 7) is 2.08. The van der Waals surface area contributed by atoms with Crippen LogP contribution < -0.4 is 10.6 Å². The lowest BCUT2D eigenvalue weighted by Gasteiger charge is -2.18. The highest BCUT2D eigenvalue weighted by Crippen LogP contribution is 2.29. The van der Waals surface area contributed by atoms with E-state index < -0.39 is 11.7 Å². The van der Waals surface area contributed by atoms with Gasteiger partial charge in [0.05, 0.1) is 5.69 Å². The Kier molecular flexibility index (Phi) is 4.69. The van der Waals surface area contributed by atoms with E-state index in [2.05, 4.69) is 17.6 Å². The van der Waals surface area contributed by atoms with Gasteiger partial charge >= 0.3 is 0 Å². The summed E-state index contributed by atoms with van der Waals surface area (Å²) in [5.41, 5.74) is 3.30. The van der Waals surface area contributed by atoms with Gasteiger partial charge in [0.2, 0.25) is 5.91 Å². The molecule has 0 saturated carbocycles. The molecule has 1 aliphatic heterocycles. The van der Waals surface area contributed by atoms with E-state index in [1.165, 1.54) is 17.7 Å². The van der Waals surface area contributed by atoms with E-state index in [4.69, 9.17) is 4.42 Å². The molecule has 2 aromatic carbocycles. The van der Waals surface area contributed by atoms with E-state index in [0.29, 0.717) is 29.9 Å². The van der Waals surface area contributed by atoms with Gasteiger partial charge in [0.1, 0.15) is 11.6 Å². The highest BCUT2D eigenvalue weighted by atomic mass is 19.1. The Hall–Kier alpha value is -3.41. The number of fused-ring (bicyclic) bond motifs is 1. The first kappa shape index (κ1) is 18.0. The van der Waals surface area contributed by atoms with Crippen LogP contribution in [0.2, 0.25) is 0 Å². The van der Waals surface area contributed by atoms with Crippen LogP contribution >= 0.6 is 0 Å². The molecular formula is C22H19FN2O3. The molecule has 2 amide bonds. The Morgan fingerprint density at radius 3 is 2.68 bits per heavy atom. The molecule has 0 saturated heterocycles. The van der Waals surface area contributed by atoms with E-state index in [-0.39, 0.29) is 17.4 Å². The van der Waals surface area contributed by atoms with Crippen LogP contribution in [-0.4, -0.2) is 11.8 Å². The van der Waals surface area contributed by atoms with Gasteiger partial charge in [0, 0.05) is 17.7 Å². The van der Waals surface area contributed by atoms with Crippen LogP contribution in [0, 0.1) is 5.82 Å². The fraction of sp³-hybridized carbons (Fsp3) is 0.182. The number of amides is 2. The van der Waals surface area contributed by atoms with E-state index >= 15 is 0 Å². The van der Waals surface area contributed by atoms with Crippen molar-refractivity contribution in [1.29, 1.82) is 0 Å². The van der Waals surface area contributed by atoms with Crippen molar-refractivity contribution in [2.24, 2.45) is 0 Å². The first-order chi connectivity index (χ1) is 13.5. The van der Waals surface area contributed by atoms with E-state index in [0.717, 1.165) is 12.0 Å². The molecule has 0 unspecified atom stereocenters. The van der Waals surface area contributed by atoms with Crippen LogP contribution in [-0.2, 0) is 17.6 Å². The standard InChI is InChI=1S/C22H19FN2O3/c1-2-13-3-5-14(6-4-13)19-8-9-20(28-19)22(27)25-18-12-17-15(11-16(18)23)7-10-21(26)24-17/h3-6,8-9,11-12H,2,7,10H2,1H3,(H,24,26)(H,25,27). The molecule has 1 aliphatic rings. The van der Waals surface area contributed by atoms with Crippen LogP contribution in [0.4, 0.5) is 15.8 Å². The number of aryl methyl sites for hydroxylation is 2. The van der Waals surface area contributed by atoms with Gasteiger partial charge in [-0.2, -0.15) is 0 Å². The summed E-state index contributed by atoms with van der Waals surface area (Å²) in [5.74, 6) is -0.592. The van der Waals surface area contributed by atoms with Gasteiger partial charge in [0.15, 0.2) is 5.76 Å². The number of furan rings is 1. The number of hydrogen-bond acceptors (Lipinski definition) is 3. The van der Waals surface area contributed by atoms with Crippen LogP contribution in [0.25, 0.3) is 11.3 Å². The maximum Gasteiger partial charge on any atom is 0.291 e. The third kappa shape index (κ3) is 3.53. The molecule has 6 heteroatoms. The Bertz CT molecular complexity index is 1050. The molecule has 0 atom stereocenters. The fourth-order valence-corrected chi connectivity index (χ4v) is 3.20. The first-order valence-electron chi connectivity index (χ1n) is 9.16. The van der Waals surface area contributed by atoms with Crippen LogP contribution in [0.1, 0.15) is 35.0 Å². The number of nitrogens with one attached hydrogen (secondary N) is 2. The molecule has 0 aliphatic carbocycles. The topological polar surface area (TPSA) is 71.3 Å². The zero-order chi connectivity index (χ0) is 19.7. The van der Waals surface area contributed by atoms with E-state index in [9.17, 15) is 14.0 Å². The van der Waals surface area contributed by atoms with E-state index in [1.807, 2.05) is 24.3 Å². The summed E-state index contributed by atoms with van der Waals surface area (Å²) in [4.78, 5) is 24.0. The summed E-state index contributed by atoms with van der Waals surface area (Å²) in [5, 5.41) is 5.21. The van der Waals surface area contributed by atoms with Crippen LogP contribution in [0.5, 0.6) is 0 Å². The molecule has 1 aromatic heterocycles. The summed E-state index contributed by atoms with van der Waals surface area (Å²) < 4.78 is 20.0. The largest absolute Gasteiger partial charge is 0.451 e. The molecule has 0 spiro atoms. The van der Waals surface area contributed by atoms with Crippen molar-refractivity contribution in [3.8, 4) is 11.3 Å². The van der Waals surface area contributed by atoms with Crippen LogP contribution in [0.15, 0.2) is 52.9 Å². The number of benzene rings is 2. The molecule has 5 nitrogen and oxygen atoms in total. The minimum absolute atomic E-state index is 0.00352. The van der Waals surface area contributed by atoms with Crippen molar-refractivity contribution in [2.45, 2.75) is 26.2 Å². The minimum atomic E-state index is -0.558. The second-order valence-corrected chi connectivity index (χ2v) is 6.71. The number of carbonyl (C=O) groups excluding carboxylic acids is 2. The second-order valence-electron chi connectivity index (χ2n) is 6.71. The lowest BCUT2D eigenvalue weighted by Crippen LogP contribution is -2.20. The third-order valence-electron chi connectivity index (χ3n) is 4.81. The predicted octanol–water partition coefficient (Wildman–Crippen LogP) is 4.79. The molecule has 28 heavy (non-hydrogen) atoms. The average Bonchev–Trinajstić information content (AvgIpc) is 3.19. The average molecular weight is 378 g/mol. The lowest BCUT2D eigenvalue weighted by molar-refractivity contribution is -0.116. The molecule has 4 rings (SSSR count). The number of anilines is 2. The zero-order valence-corrected chi connectivity index (χ0v) is 15.3. The Balaban J connectivity index is 1.53. The van der Waals surface area contributed by atoms with Gasteiger partial charge in [-0.3, -0.25) is 9.59 Å². The summed E-state index contributed by atoms with van der Waals surface area (Å²) in [7, 11) is 0. The molecule has 0 radical (unpaired) electrons. The van der Waals surface area contributed by atoms with Crippen molar-refractivity contribution in [3.05, 3.63) is 71.2 Å². The van der Waals surface area contributed by atoms with Gasteiger partial charge < -0.3 is 15.1 Å². The first-order valence-corrected chi connectivity index (χ1v) is 9.16. The van der Waals surface area contributed by atoms with Crippen molar-refractivity contribution in [3.63, 3.8) is 0 Å². The monoisotopic (exact) mass is 378 g/mol. The Morgan fingerprint density at radius 2 is 1.93 bits per heavy atom. The Morgan fingerprint density at radius 1 is 1.14 bits per heavy atom. The molecule has 142 valence electrons. The molecule has 0 fully saturated rings. The molecule has 2 N–H and O–H groups in total. The van der Waals surface area contributed by atoms with Gasteiger partial charge in [0.25, 0.3) is 5.91 Å². The quantitative estimate of drug-likeness (QED) is 0.686. The van der Waals surface area contributed by atoms with Gasteiger partial charge in [-0.1, -0.05) is 31.2 Å². The molecule has 0 bridgehead atoms. The third-order valence-corrected chi connectivity index (χ3v) is 4.81. The smallest absolute Gasteiger partial charge is 0.291 e. The zero-order valence-electron chi connectivity index (χ0n) is 15.3. The van der Waals surface area contributed by atoms with Gasteiger partial charge in [-0.05, 0) is 48.2 Å². The SMILES string of the molecule is CCc1ccc(-c2ccc(C(=O)Nc3cc4c(cc3F)CCC(=O)N4)o2)cc1. The minimum Gasteiger partial charge on any atom is -0.451 e. The number of hydrogen-bond donors (Lipinski definition) is 2. The number of carbonyl (C=O) groups is 2. The van der Waals surface area contributed by atoms with Crippen molar-refractivity contribution in [1.82, 2.24) is 0 Å². The maximum absolute atomic E-state index is 14.3. The Labute approximate surface area is 161 Å². The van der Waals surface area contributed by atoms with Gasteiger partial charge in [-0.25, -0.2) is 4.39 Å². The van der Waals surface area contributed by atoms with Crippen LogP contribution in [0.3, 0.4) is 0 Å². The molecular weight excluding hydrogens is 359 g/mol. The summed E-state index contributed by atoms with van der Waals surface area (Å²) >= 11 is 0. The van der Waals surface area contributed by atoms with E-state index in [1.54, 1.807) is 12.1 Å². The highest BCUT2D eigenvalue weighted by Gasteiger charge is 2.20. The molecule has 3 aromatic rings. The summed E-state index contributed by atoms with van der Waals surface area (Å²) in [6.07, 6.45) is 1.75. The maximum atomic E-state index is 14.3. The summed E-state index contributed by atoms with van der Waals surface area (Å²) in [6, 6.07) is 13.9. The lowest BCUT2D eigenvalue weighted by atomic mass is 10.0. The van der Waals surface area contributed by atoms with Crippen molar-refractivity contribution in [2.75, 3.05) is 10.6 Å². The fourth-order valence-electron chi connectivity index (χ4n) is 3.20. The normalized spacial score (nSPS) is 13.0. The molecule has 2 heterocycles.